The molecule has 0 radical (unpaired) electrons. The fourth-order valence-electron chi connectivity index (χ4n) is 2.02. The van der Waals surface area contributed by atoms with Gasteiger partial charge in [0.1, 0.15) is 0 Å². The molecule has 0 heterocycles. The average Bonchev–Trinajstić information content (AvgIpc) is 2.67. The smallest absolute Gasteiger partial charge is 0.330 e. The van der Waals surface area contributed by atoms with Crippen molar-refractivity contribution in [1.82, 2.24) is 0 Å². The number of rotatable bonds is 14. The van der Waals surface area contributed by atoms with Crippen LogP contribution in [0.5, 0.6) is 0 Å². The van der Waals surface area contributed by atoms with Gasteiger partial charge in [0, 0.05) is 12.2 Å². The quantitative estimate of drug-likeness (QED) is 0.147. The zero-order valence-electron chi connectivity index (χ0n) is 18.3. The summed E-state index contributed by atoms with van der Waals surface area (Å²) >= 11 is 0. The molecule has 160 valence electrons. The Balaban J connectivity index is 0. The molecule has 0 aromatic rings. The zero-order chi connectivity index (χ0) is 21.3. The maximum atomic E-state index is 10.8. The van der Waals surface area contributed by atoms with Crippen LogP contribution in [0.15, 0.2) is 48.6 Å². The summed E-state index contributed by atoms with van der Waals surface area (Å²) in [6.07, 6.45) is 23.9. The van der Waals surface area contributed by atoms with Gasteiger partial charge in [-0.1, -0.05) is 76.0 Å². The molecule has 0 atom stereocenters. The van der Waals surface area contributed by atoms with Crippen molar-refractivity contribution >= 4 is 11.9 Å². The molecule has 0 N–H and O–H groups in total. The van der Waals surface area contributed by atoms with Crippen molar-refractivity contribution in [2.45, 2.75) is 79.1 Å². The second kappa shape index (κ2) is 24.9. The molecule has 0 fully saturated rings. The molecule has 0 aromatic carbocycles. The topological polar surface area (TPSA) is 52.6 Å². The number of ether oxygens (including phenoxy) is 2. The number of esters is 2. The van der Waals surface area contributed by atoms with Gasteiger partial charge < -0.3 is 9.47 Å². The second-order valence-electron chi connectivity index (χ2n) is 6.07. The van der Waals surface area contributed by atoms with Crippen molar-refractivity contribution in [3.8, 4) is 0 Å². The Hall–Kier alpha value is -2.10. The summed E-state index contributed by atoms with van der Waals surface area (Å²) in [7, 11) is 0. The predicted octanol–water partition coefficient (Wildman–Crippen LogP) is 6.48. The Bertz CT molecular complexity index is 429. The Morgan fingerprint density at radius 3 is 1.32 bits per heavy atom. The van der Waals surface area contributed by atoms with Crippen LogP contribution < -0.4 is 0 Å². The van der Waals surface area contributed by atoms with Gasteiger partial charge >= 0.3 is 11.9 Å². The first-order valence-corrected chi connectivity index (χ1v) is 10.6. The Kier molecular flexibility index (Phi) is 25.0. The molecule has 0 spiro atoms. The fourth-order valence-corrected chi connectivity index (χ4v) is 2.02. The number of carbonyl (C=O) groups is 2. The first-order chi connectivity index (χ1) is 13.6. The fraction of sp³-hybridized carbons (Fsp3) is 0.583. The van der Waals surface area contributed by atoms with Crippen LogP contribution in [0, 0.1) is 0 Å². The Labute approximate surface area is 172 Å². The van der Waals surface area contributed by atoms with Crippen molar-refractivity contribution in [2.24, 2.45) is 0 Å². The molecule has 28 heavy (non-hydrogen) atoms. The van der Waals surface area contributed by atoms with E-state index in [2.05, 4.69) is 26.0 Å². The largest absolute Gasteiger partial charge is 0.463 e. The lowest BCUT2D eigenvalue weighted by molar-refractivity contribution is -0.138. The van der Waals surface area contributed by atoms with E-state index in [0.717, 1.165) is 12.8 Å². The minimum Gasteiger partial charge on any atom is -0.463 e. The van der Waals surface area contributed by atoms with Crippen molar-refractivity contribution in [1.29, 1.82) is 0 Å². The SMILES string of the molecule is CCCCC/C=C\C=C\C(=O)OCC.CCCCCC=CC=CC(=O)OCC. The standard InChI is InChI=1S/2C12H20O2/c2*1-3-5-6-7-8-9-10-11-12(13)14-4-2/h2*8-11H,3-7H2,1-2H3/b9-8-,11-10+;. The number of hydrogen-bond acceptors (Lipinski definition) is 4. The number of hydrogen-bond donors (Lipinski definition) is 0. The minimum atomic E-state index is -0.272. The monoisotopic (exact) mass is 392 g/mol. The van der Waals surface area contributed by atoms with Crippen LogP contribution in [-0.4, -0.2) is 25.2 Å². The van der Waals surface area contributed by atoms with E-state index in [-0.39, 0.29) is 11.9 Å². The van der Waals surface area contributed by atoms with Crippen LogP contribution in [0.1, 0.15) is 79.1 Å². The van der Waals surface area contributed by atoms with Gasteiger partial charge in [0.2, 0.25) is 0 Å². The van der Waals surface area contributed by atoms with E-state index in [0.29, 0.717) is 13.2 Å². The van der Waals surface area contributed by atoms with Gasteiger partial charge in [-0.15, -0.1) is 0 Å². The van der Waals surface area contributed by atoms with E-state index in [1.165, 1.54) is 50.7 Å². The van der Waals surface area contributed by atoms with E-state index in [1.54, 1.807) is 26.0 Å². The molecule has 0 saturated carbocycles. The van der Waals surface area contributed by atoms with E-state index >= 15 is 0 Å². The molecule has 0 rings (SSSR count). The Morgan fingerprint density at radius 2 is 1.00 bits per heavy atom. The highest BCUT2D eigenvalue weighted by molar-refractivity contribution is 5.82. The normalized spacial score (nSPS) is 11.3. The first-order valence-electron chi connectivity index (χ1n) is 10.6. The van der Waals surface area contributed by atoms with Gasteiger partial charge in [0.05, 0.1) is 13.2 Å². The van der Waals surface area contributed by atoms with Gasteiger partial charge in [-0.25, -0.2) is 9.59 Å². The summed E-state index contributed by atoms with van der Waals surface area (Å²) in [6.45, 7) is 8.83. The van der Waals surface area contributed by atoms with E-state index < -0.39 is 0 Å². The maximum Gasteiger partial charge on any atom is 0.330 e. The molecule has 0 saturated heterocycles. The van der Waals surface area contributed by atoms with Crippen molar-refractivity contribution in [2.75, 3.05) is 13.2 Å². The molecule has 4 heteroatoms. The molecule has 0 aromatic heterocycles. The molecule has 0 aliphatic heterocycles. The minimum absolute atomic E-state index is 0.272. The van der Waals surface area contributed by atoms with Gasteiger partial charge in [0.15, 0.2) is 0 Å². The molecule has 0 amide bonds. The third-order valence-electron chi connectivity index (χ3n) is 3.48. The lowest BCUT2D eigenvalue weighted by Crippen LogP contribution is -1.98. The highest BCUT2D eigenvalue weighted by Gasteiger charge is 1.90. The van der Waals surface area contributed by atoms with Gasteiger partial charge in [-0.05, 0) is 39.5 Å². The summed E-state index contributed by atoms with van der Waals surface area (Å²) in [4.78, 5) is 21.7. The third kappa shape index (κ3) is 26.1. The lowest BCUT2D eigenvalue weighted by Gasteiger charge is -1.92. The lowest BCUT2D eigenvalue weighted by atomic mass is 10.2. The van der Waals surface area contributed by atoms with E-state index in [1.807, 2.05) is 12.2 Å². The average molecular weight is 393 g/mol. The van der Waals surface area contributed by atoms with Crippen LogP contribution in [0.3, 0.4) is 0 Å². The number of carbonyl (C=O) groups excluding carboxylic acids is 2. The molecular formula is C24H40O4. The van der Waals surface area contributed by atoms with Crippen molar-refractivity contribution in [3.63, 3.8) is 0 Å². The second-order valence-corrected chi connectivity index (χ2v) is 6.07. The summed E-state index contributed by atoms with van der Waals surface area (Å²) in [5.74, 6) is -0.545. The number of unbranched alkanes of at least 4 members (excludes halogenated alkanes) is 6. The summed E-state index contributed by atoms with van der Waals surface area (Å²) in [5, 5.41) is 0. The first kappa shape index (κ1) is 28.1. The molecule has 0 aliphatic rings. The zero-order valence-corrected chi connectivity index (χ0v) is 18.3. The molecule has 0 unspecified atom stereocenters. The van der Waals surface area contributed by atoms with Crippen molar-refractivity contribution < 1.29 is 19.1 Å². The molecule has 4 nitrogen and oxygen atoms in total. The van der Waals surface area contributed by atoms with Crippen LogP contribution in [0.25, 0.3) is 0 Å². The van der Waals surface area contributed by atoms with E-state index in [9.17, 15) is 9.59 Å². The molecule has 0 aliphatic carbocycles. The maximum absolute atomic E-state index is 10.8. The molecular weight excluding hydrogens is 352 g/mol. The van der Waals surface area contributed by atoms with Gasteiger partial charge in [0.25, 0.3) is 0 Å². The van der Waals surface area contributed by atoms with Crippen molar-refractivity contribution in [3.05, 3.63) is 48.6 Å². The van der Waals surface area contributed by atoms with Gasteiger partial charge in [-0.2, -0.15) is 0 Å². The van der Waals surface area contributed by atoms with Crippen LogP contribution in [-0.2, 0) is 19.1 Å². The van der Waals surface area contributed by atoms with Gasteiger partial charge in [-0.3, -0.25) is 0 Å². The van der Waals surface area contributed by atoms with E-state index in [4.69, 9.17) is 9.47 Å². The summed E-state index contributed by atoms with van der Waals surface area (Å²) in [6, 6.07) is 0. The number of allylic oxidation sites excluding steroid dienone is 6. The van der Waals surface area contributed by atoms with Crippen LogP contribution >= 0.6 is 0 Å². The highest BCUT2D eigenvalue weighted by atomic mass is 16.5. The highest BCUT2D eigenvalue weighted by Crippen LogP contribution is 2.00. The van der Waals surface area contributed by atoms with Crippen LogP contribution in [0.4, 0.5) is 0 Å². The third-order valence-corrected chi connectivity index (χ3v) is 3.48. The predicted molar refractivity (Wildman–Crippen MR) is 118 cm³/mol. The Morgan fingerprint density at radius 1 is 0.607 bits per heavy atom. The summed E-state index contributed by atoms with van der Waals surface area (Å²) < 4.78 is 9.45. The summed E-state index contributed by atoms with van der Waals surface area (Å²) in [5.41, 5.74) is 0. The van der Waals surface area contributed by atoms with Crippen LogP contribution in [0.2, 0.25) is 0 Å². The molecule has 0 bridgehead atoms.